The molecule has 1 atom stereocenters. The number of benzene rings is 1. The minimum atomic E-state index is -0.255. The Bertz CT molecular complexity index is 871. The molecule has 27 heavy (non-hydrogen) atoms. The van der Waals surface area contributed by atoms with Crippen LogP contribution in [0.1, 0.15) is 32.4 Å². The first-order chi connectivity index (χ1) is 12.8. The minimum Gasteiger partial charge on any atom is -0.332 e. The largest absolute Gasteiger partial charge is 0.332 e. The molecule has 9 heteroatoms. The van der Waals surface area contributed by atoms with E-state index >= 15 is 0 Å². The summed E-state index contributed by atoms with van der Waals surface area (Å²) in [5, 5.41) is 6.82. The summed E-state index contributed by atoms with van der Waals surface area (Å²) in [7, 11) is 0. The van der Waals surface area contributed by atoms with E-state index in [-0.39, 0.29) is 11.9 Å². The van der Waals surface area contributed by atoms with Gasteiger partial charge in [0.05, 0.1) is 34.2 Å². The second-order valence-corrected chi connectivity index (χ2v) is 8.13. The van der Waals surface area contributed by atoms with E-state index in [4.69, 9.17) is 12.2 Å². The van der Waals surface area contributed by atoms with Crippen molar-refractivity contribution in [2.45, 2.75) is 32.7 Å². The van der Waals surface area contributed by atoms with Crippen LogP contribution in [-0.4, -0.2) is 38.5 Å². The van der Waals surface area contributed by atoms with Gasteiger partial charge in [-0.3, -0.25) is 9.88 Å². The van der Waals surface area contributed by atoms with Crippen LogP contribution >= 0.6 is 34.8 Å². The van der Waals surface area contributed by atoms with Gasteiger partial charge < -0.3 is 10.6 Å². The highest BCUT2D eigenvalue weighted by Crippen LogP contribution is 2.19. The molecular formula is C18H20FIN6S. The first-order valence-corrected chi connectivity index (χ1v) is 10.0. The third-order valence-electron chi connectivity index (χ3n) is 3.96. The number of hydrogen-bond donors (Lipinski definition) is 2. The zero-order valence-corrected chi connectivity index (χ0v) is 18.2. The van der Waals surface area contributed by atoms with E-state index in [1.54, 1.807) is 24.5 Å². The number of nitrogens with one attached hydrogen (secondary N) is 2. The second-order valence-electron chi connectivity index (χ2n) is 6.58. The molecule has 1 aromatic carbocycles. The number of halogens is 2. The standard InChI is InChI=1S/C18H20FIN6S/c1-10(2)15-7-22-16(8-21-15)25-17-23-11(3)9-26(17)18(27)24-12-4-5-13(19)14(20)6-12/h4-8,10-11H,9H2,1-3H3,(H,24,27)(H,22,23,25). The highest BCUT2D eigenvalue weighted by Gasteiger charge is 2.26. The number of anilines is 2. The highest BCUT2D eigenvalue weighted by molar-refractivity contribution is 14.1. The quantitative estimate of drug-likeness (QED) is 0.489. The first kappa shape index (κ1) is 19.9. The average Bonchev–Trinajstić information content (AvgIpc) is 2.99. The molecule has 0 spiro atoms. The highest BCUT2D eigenvalue weighted by atomic mass is 127. The van der Waals surface area contributed by atoms with Crippen molar-refractivity contribution in [2.24, 2.45) is 4.99 Å². The summed E-state index contributed by atoms with van der Waals surface area (Å²) in [6.45, 7) is 6.80. The Kier molecular flexibility index (Phi) is 6.20. The third kappa shape index (κ3) is 4.89. The van der Waals surface area contributed by atoms with Crippen molar-refractivity contribution in [3.05, 3.63) is 45.7 Å². The molecular weight excluding hydrogens is 478 g/mol. The molecule has 0 bridgehead atoms. The molecule has 0 aliphatic carbocycles. The summed E-state index contributed by atoms with van der Waals surface area (Å²) in [6.07, 6.45) is 3.45. The Morgan fingerprint density at radius 2 is 2.11 bits per heavy atom. The zero-order valence-electron chi connectivity index (χ0n) is 15.2. The Morgan fingerprint density at radius 3 is 2.74 bits per heavy atom. The number of guanidine groups is 1. The van der Waals surface area contributed by atoms with E-state index in [9.17, 15) is 4.39 Å². The van der Waals surface area contributed by atoms with Crippen LogP contribution in [-0.2, 0) is 0 Å². The molecule has 0 saturated carbocycles. The molecule has 1 unspecified atom stereocenters. The maximum absolute atomic E-state index is 13.5. The van der Waals surface area contributed by atoms with E-state index in [2.05, 4.69) is 39.4 Å². The lowest BCUT2D eigenvalue weighted by Crippen LogP contribution is -2.41. The van der Waals surface area contributed by atoms with Crippen molar-refractivity contribution in [2.75, 3.05) is 17.2 Å². The molecule has 1 aromatic heterocycles. The molecule has 0 saturated heterocycles. The van der Waals surface area contributed by atoms with Gasteiger partial charge in [-0.05, 0) is 65.8 Å². The molecule has 0 fully saturated rings. The number of thiocarbonyl (C=S) groups is 1. The number of aliphatic imine (C=N–C) groups is 1. The van der Waals surface area contributed by atoms with Gasteiger partial charge in [0, 0.05) is 5.69 Å². The van der Waals surface area contributed by atoms with Gasteiger partial charge in [0.1, 0.15) is 5.82 Å². The number of nitrogens with zero attached hydrogens (tertiary/aromatic N) is 4. The van der Waals surface area contributed by atoms with Gasteiger partial charge in [0.15, 0.2) is 10.9 Å². The topological polar surface area (TPSA) is 65.4 Å². The summed E-state index contributed by atoms with van der Waals surface area (Å²) in [6, 6.07) is 4.87. The Hall–Kier alpha value is -1.88. The molecule has 2 heterocycles. The summed E-state index contributed by atoms with van der Waals surface area (Å²) in [5.41, 5.74) is 1.66. The number of aromatic nitrogens is 2. The lowest BCUT2D eigenvalue weighted by atomic mass is 10.1. The zero-order chi connectivity index (χ0) is 19.6. The summed E-state index contributed by atoms with van der Waals surface area (Å²) >= 11 is 7.49. The Morgan fingerprint density at radius 1 is 1.33 bits per heavy atom. The molecule has 6 nitrogen and oxygen atoms in total. The van der Waals surface area contributed by atoms with Crippen LogP contribution in [0.2, 0.25) is 0 Å². The lowest BCUT2D eigenvalue weighted by molar-refractivity contribution is 0.604. The second kappa shape index (κ2) is 8.42. The van der Waals surface area contributed by atoms with E-state index in [0.29, 0.717) is 32.9 Å². The molecule has 2 aromatic rings. The van der Waals surface area contributed by atoms with Crippen LogP contribution < -0.4 is 10.6 Å². The number of rotatable bonds is 3. The fourth-order valence-corrected chi connectivity index (χ4v) is 3.32. The van der Waals surface area contributed by atoms with Crippen molar-refractivity contribution >= 4 is 57.4 Å². The van der Waals surface area contributed by atoms with E-state index < -0.39 is 0 Å². The van der Waals surface area contributed by atoms with Crippen LogP contribution in [0.15, 0.2) is 35.6 Å². The van der Waals surface area contributed by atoms with Gasteiger partial charge >= 0.3 is 0 Å². The molecule has 0 radical (unpaired) electrons. The van der Waals surface area contributed by atoms with Crippen LogP contribution in [0, 0.1) is 9.39 Å². The molecule has 3 rings (SSSR count). The lowest BCUT2D eigenvalue weighted by Gasteiger charge is -2.22. The van der Waals surface area contributed by atoms with Crippen molar-refractivity contribution in [1.29, 1.82) is 0 Å². The predicted octanol–water partition coefficient (Wildman–Crippen LogP) is 4.21. The maximum atomic E-state index is 13.5. The molecule has 1 aliphatic heterocycles. The summed E-state index contributed by atoms with van der Waals surface area (Å²) < 4.78 is 14.0. The van der Waals surface area contributed by atoms with Gasteiger partial charge in [0.2, 0.25) is 5.96 Å². The SMILES string of the molecule is CC1CN(C(=S)Nc2ccc(F)c(I)c2)C(Nc2cnc(C(C)C)cn2)=N1. The van der Waals surface area contributed by atoms with Crippen LogP contribution in [0.25, 0.3) is 0 Å². The van der Waals surface area contributed by atoms with Crippen molar-refractivity contribution in [3.8, 4) is 0 Å². The van der Waals surface area contributed by atoms with Crippen molar-refractivity contribution in [3.63, 3.8) is 0 Å². The first-order valence-electron chi connectivity index (χ1n) is 8.54. The molecule has 1 aliphatic rings. The van der Waals surface area contributed by atoms with Crippen molar-refractivity contribution in [1.82, 2.24) is 14.9 Å². The smallest absolute Gasteiger partial charge is 0.206 e. The molecule has 2 N–H and O–H groups in total. The fraction of sp³-hybridized carbons (Fsp3) is 0.333. The Labute approximate surface area is 176 Å². The van der Waals surface area contributed by atoms with E-state index in [1.807, 2.05) is 34.4 Å². The Balaban J connectivity index is 1.71. The fourth-order valence-electron chi connectivity index (χ4n) is 2.53. The third-order valence-corrected chi connectivity index (χ3v) is 5.11. The maximum Gasteiger partial charge on any atom is 0.206 e. The monoisotopic (exact) mass is 498 g/mol. The van der Waals surface area contributed by atoms with Crippen molar-refractivity contribution < 1.29 is 4.39 Å². The molecule has 142 valence electrons. The van der Waals surface area contributed by atoms with Gasteiger partial charge in [-0.15, -0.1) is 0 Å². The van der Waals surface area contributed by atoms with E-state index in [1.165, 1.54) is 6.07 Å². The summed E-state index contributed by atoms with van der Waals surface area (Å²) in [4.78, 5) is 15.3. The van der Waals surface area contributed by atoms with Gasteiger partial charge in [-0.25, -0.2) is 14.4 Å². The van der Waals surface area contributed by atoms with Crippen LogP contribution in [0.3, 0.4) is 0 Å². The normalized spacial score (nSPS) is 16.4. The predicted molar refractivity (Wildman–Crippen MR) is 119 cm³/mol. The minimum absolute atomic E-state index is 0.0866. The number of hydrogen-bond acceptors (Lipinski definition) is 5. The van der Waals surface area contributed by atoms with Gasteiger partial charge in [-0.1, -0.05) is 13.8 Å². The van der Waals surface area contributed by atoms with Crippen LogP contribution in [0.4, 0.5) is 15.9 Å². The van der Waals surface area contributed by atoms with E-state index in [0.717, 1.165) is 11.4 Å². The average molecular weight is 498 g/mol. The van der Waals surface area contributed by atoms with Gasteiger partial charge in [0.25, 0.3) is 0 Å². The summed E-state index contributed by atoms with van der Waals surface area (Å²) in [5.74, 6) is 1.29. The van der Waals surface area contributed by atoms with Crippen LogP contribution in [0.5, 0.6) is 0 Å². The molecule has 0 amide bonds. The van der Waals surface area contributed by atoms with Gasteiger partial charge in [-0.2, -0.15) is 0 Å².